The van der Waals surface area contributed by atoms with Crippen LogP contribution in [0.5, 0.6) is 5.75 Å². The van der Waals surface area contributed by atoms with E-state index in [1.165, 1.54) is 12.1 Å². The lowest BCUT2D eigenvalue weighted by Crippen LogP contribution is -2.61. The minimum Gasteiger partial charge on any atom is -0.493 e. The first-order chi connectivity index (χ1) is 19.7. The van der Waals surface area contributed by atoms with Gasteiger partial charge in [-0.1, -0.05) is 11.2 Å². The van der Waals surface area contributed by atoms with E-state index in [2.05, 4.69) is 21.0 Å². The zero-order valence-electron chi connectivity index (χ0n) is 23.5. The monoisotopic (exact) mass is 565 g/mol. The van der Waals surface area contributed by atoms with Crippen LogP contribution in [0.2, 0.25) is 0 Å². The molecule has 0 atom stereocenters. The number of carbonyl (C=O) groups is 1. The zero-order valence-corrected chi connectivity index (χ0v) is 23.5. The SMILES string of the molecule is CC1(C(=O)O)CCN(C2=NOC3(C2)CN(Cc2cc(OCC4CC4)c(-c4ccc(F)cc4F)c(C4CC4)c2)C3)CC1. The van der Waals surface area contributed by atoms with Gasteiger partial charge in [-0.15, -0.1) is 0 Å². The van der Waals surface area contributed by atoms with Crippen molar-refractivity contribution in [3.63, 3.8) is 0 Å². The van der Waals surface area contributed by atoms with E-state index in [-0.39, 0.29) is 5.60 Å². The molecule has 7 nitrogen and oxygen atoms in total. The number of ether oxygens (including phenoxy) is 1. The number of nitrogens with zero attached hydrogens (tertiary/aromatic N) is 3. The Bertz CT molecular complexity index is 1390. The van der Waals surface area contributed by atoms with Gasteiger partial charge in [-0.05, 0) is 86.6 Å². The van der Waals surface area contributed by atoms with Gasteiger partial charge in [0.15, 0.2) is 5.60 Å². The second kappa shape index (κ2) is 9.96. The number of benzene rings is 2. The van der Waals surface area contributed by atoms with Gasteiger partial charge in [0.1, 0.15) is 23.2 Å². The summed E-state index contributed by atoms with van der Waals surface area (Å²) in [6.45, 7) is 6.04. The van der Waals surface area contributed by atoms with Crippen LogP contribution < -0.4 is 4.74 Å². The van der Waals surface area contributed by atoms with E-state index in [9.17, 15) is 14.3 Å². The Labute approximate surface area is 239 Å². The van der Waals surface area contributed by atoms with E-state index in [0.29, 0.717) is 55.7 Å². The molecule has 7 rings (SSSR count). The van der Waals surface area contributed by atoms with E-state index in [1.54, 1.807) is 0 Å². The smallest absolute Gasteiger partial charge is 0.309 e. The number of carboxylic acid groups (broad SMARTS) is 1. The number of amidine groups is 1. The molecule has 2 aromatic rings. The fourth-order valence-electron chi connectivity index (χ4n) is 6.54. The molecule has 3 heterocycles. The summed E-state index contributed by atoms with van der Waals surface area (Å²) >= 11 is 0. The average Bonchev–Trinajstić information content (AvgIpc) is 3.86. The van der Waals surface area contributed by atoms with Gasteiger partial charge < -0.3 is 19.6 Å². The normalized spacial score (nSPS) is 23.2. The van der Waals surface area contributed by atoms with E-state index in [0.717, 1.165) is 80.3 Å². The van der Waals surface area contributed by atoms with E-state index < -0.39 is 23.0 Å². The highest BCUT2D eigenvalue weighted by molar-refractivity contribution is 5.85. The summed E-state index contributed by atoms with van der Waals surface area (Å²) in [4.78, 5) is 22.1. The van der Waals surface area contributed by atoms with Crippen molar-refractivity contribution in [2.45, 2.75) is 69.9 Å². The van der Waals surface area contributed by atoms with Crippen LogP contribution in [0.25, 0.3) is 11.1 Å². The lowest BCUT2D eigenvalue weighted by atomic mass is 9.80. The van der Waals surface area contributed by atoms with Crippen molar-refractivity contribution in [1.82, 2.24) is 9.80 Å². The van der Waals surface area contributed by atoms with Gasteiger partial charge in [-0.25, -0.2) is 8.78 Å². The summed E-state index contributed by atoms with van der Waals surface area (Å²) in [6.07, 6.45) is 6.38. The Balaban J connectivity index is 1.05. The van der Waals surface area contributed by atoms with Crippen LogP contribution in [-0.4, -0.2) is 65.1 Å². The van der Waals surface area contributed by atoms with Gasteiger partial charge >= 0.3 is 5.97 Å². The number of carboxylic acids is 1. The quantitative estimate of drug-likeness (QED) is 0.438. The van der Waals surface area contributed by atoms with Gasteiger partial charge in [-0.3, -0.25) is 9.69 Å². The Morgan fingerprint density at radius 2 is 1.88 bits per heavy atom. The standard InChI is InChI=1S/C32H37F2N3O4/c1-31(30(38)39)8-10-37(11-9-31)28-15-32(41-35-28)18-36(19-32)16-21-12-25(22-4-5-22)29(24-7-6-23(33)14-26(24)34)27(13-21)40-17-20-2-3-20/h6-7,12-14,20,22H,2-5,8-11,15-19H2,1H3,(H,38,39). The van der Waals surface area contributed by atoms with Crippen LogP contribution in [0.15, 0.2) is 35.5 Å². The molecule has 0 radical (unpaired) electrons. The molecule has 0 bridgehead atoms. The third-order valence-electron chi connectivity index (χ3n) is 9.58. The Kier molecular flexibility index (Phi) is 6.48. The van der Waals surface area contributed by atoms with Gasteiger partial charge in [0.2, 0.25) is 0 Å². The average molecular weight is 566 g/mol. The molecule has 218 valence electrons. The fourth-order valence-corrected chi connectivity index (χ4v) is 6.54. The maximum atomic E-state index is 15.0. The molecule has 0 amide bonds. The summed E-state index contributed by atoms with van der Waals surface area (Å²) in [5, 5.41) is 14.0. The minimum atomic E-state index is -0.727. The molecule has 0 aromatic heterocycles. The molecule has 4 fully saturated rings. The van der Waals surface area contributed by atoms with Gasteiger partial charge in [0.05, 0.1) is 18.4 Å². The molecule has 2 aliphatic carbocycles. The summed E-state index contributed by atoms with van der Waals surface area (Å²) in [7, 11) is 0. The summed E-state index contributed by atoms with van der Waals surface area (Å²) in [6, 6.07) is 8.04. The van der Waals surface area contributed by atoms with Crippen molar-refractivity contribution < 1.29 is 28.3 Å². The van der Waals surface area contributed by atoms with E-state index in [4.69, 9.17) is 9.57 Å². The first-order valence-electron chi connectivity index (χ1n) is 14.9. The number of piperidine rings is 1. The second-order valence-electron chi connectivity index (χ2n) is 13.2. The molecule has 2 aromatic carbocycles. The fraction of sp³-hybridized carbons (Fsp3) is 0.562. The van der Waals surface area contributed by atoms with Crippen molar-refractivity contribution in [1.29, 1.82) is 0 Å². The molecular weight excluding hydrogens is 528 g/mol. The highest BCUT2D eigenvalue weighted by atomic mass is 19.1. The summed E-state index contributed by atoms with van der Waals surface area (Å²) in [5.41, 5.74) is 2.40. The molecule has 2 saturated heterocycles. The Hall–Kier alpha value is -3.20. The topological polar surface area (TPSA) is 74.6 Å². The third-order valence-corrected chi connectivity index (χ3v) is 9.58. The highest BCUT2D eigenvalue weighted by Gasteiger charge is 2.51. The molecule has 0 unspecified atom stereocenters. The molecule has 1 N–H and O–H groups in total. The molecule has 9 heteroatoms. The van der Waals surface area contributed by atoms with Gasteiger partial charge in [0.25, 0.3) is 0 Å². The first-order valence-corrected chi connectivity index (χ1v) is 14.9. The minimum absolute atomic E-state index is 0.329. The van der Waals surface area contributed by atoms with E-state index >= 15 is 4.39 Å². The highest BCUT2D eigenvalue weighted by Crippen LogP contribution is 2.49. The number of likely N-dealkylation sites (tertiary alicyclic amines) is 2. The Morgan fingerprint density at radius 3 is 2.54 bits per heavy atom. The second-order valence-corrected chi connectivity index (χ2v) is 13.2. The predicted octanol–water partition coefficient (Wildman–Crippen LogP) is 5.77. The van der Waals surface area contributed by atoms with Gasteiger partial charge in [-0.2, -0.15) is 0 Å². The van der Waals surface area contributed by atoms with Crippen LogP contribution in [0.3, 0.4) is 0 Å². The maximum Gasteiger partial charge on any atom is 0.309 e. The Morgan fingerprint density at radius 1 is 1.12 bits per heavy atom. The number of rotatable bonds is 8. The number of hydrogen-bond donors (Lipinski definition) is 1. The van der Waals surface area contributed by atoms with Crippen molar-refractivity contribution in [3.8, 4) is 16.9 Å². The maximum absolute atomic E-state index is 15.0. The lowest BCUT2D eigenvalue weighted by molar-refractivity contribution is -0.150. The molecule has 3 aliphatic heterocycles. The van der Waals surface area contributed by atoms with Crippen LogP contribution in [-0.2, 0) is 16.2 Å². The van der Waals surface area contributed by atoms with Crippen LogP contribution in [0.4, 0.5) is 8.78 Å². The van der Waals surface area contributed by atoms with Crippen molar-refractivity contribution in [2.24, 2.45) is 16.5 Å². The van der Waals surface area contributed by atoms with E-state index in [1.807, 2.05) is 13.0 Å². The third kappa shape index (κ3) is 5.29. The van der Waals surface area contributed by atoms with Crippen molar-refractivity contribution >= 4 is 11.8 Å². The van der Waals surface area contributed by atoms with Crippen LogP contribution in [0, 0.1) is 23.0 Å². The summed E-state index contributed by atoms with van der Waals surface area (Å²) < 4.78 is 35.1. The summed E-state index contributed by atoms with van der Waals surface area (Å²) in [5.74, 6) is 0.666. The van der Waals surface area contributed by atoms with Crippen molar-refractivity contribution in [2.75, 3.05) is 32.8 Å². The largest absolute Gasteiger partial charge is 0.493 e. The lowest BCUT2D eigenvalue weighted by Gasteiger charge is -2.46. The molecule has 41 heavy (non-hydrogen) atoms. The predicted molar refractivity (Wildman–Crippen MR) is 150 cm³/mol. The van der Waals surface area contributed by atoms with Crippen molar-refractivity contribution in [3.05, 3.63) is 53.1 Å². The molecular formula is C32H37F2N3O4. The number of hydrogen-bond acceptors (Lipinski definition) is 6. The van der Waals surface area contributed by atoms with Crippen LogP contribution >= 0.6 is 0 Å². The zero-order chi connectivity index (χ0) is 28.4. The van der Waals surface area contributed by atoms with Crippen LogP contribution in [0.1, 0.15) is 68.9 Å². The number of halogens is 2. The molecule has 1 spiro atoms. The first kappa shape index (κ1) is 26.7. The number of aliphatic carboxylic acids is 1. The number of oxime groups is 1. The van der Waals surface area contributed by atoms with Gasteiger partial charge in [0, 0.05) is 49.9 Å². The molecule has 2 saturated carbocycles. The molecule has 5 aliphatic rings.